The Balaban J connectivity index is 0.00000180. The van der Waals surface area contributed by atoms with Gasteiger partial charge in [0.25, 0.3) is 0 Å². The topological polar surface area (TPSA) is 50.8 Å². The molecule has 2 aliphatic heterocycles. The van der Waals surface area contributed by atoms with E-state index in [4.69, 9.17) is 9.47 Å². The van der Waals surface area contributed by atoms with Crippen molar-refractivity contribution in [3.63, 3.8) is 0 Å². The Morgan fingerprint density at radius 2 is 2.11 bits per heavy atom. The molecule has 2 saturated heterocycles. The summed E-state index contributed by atoms with van der Waals surface area (Å²) in [6.07, 6.45) is 3.55. The first kappa shape index (κ1) is 16.7. The second-order valence-corrected chi connectivity index (χ2v) is 5.22. The lowest BCUT2D eigenvalue weighted by Crippen LogP contribution is -2.56. The first-order valence-corrected chi connectivity index (χ1v) is 6.90. The lowest BCUT2D eigenvalue weighted by Gasteiger charge is -2.34. The highest BCUT2D eigenvalue weighted by atomic mass is 35.5. The monoisotopic (exact) mass is 292 g/mol. The van der Waals surface area contributed by atoms with Crippen molar-refractivity contribution >= 4 is 18.3 Å². The summed E-state index contributed by atoms with van der Waals surface area (Å²) < 4.78 is 11.2. The van der Waals surface area contributed by atoms with Gasteiger partial charge in [-0.25, -0.2) is 0 Å². The van der Waals surface area contributed by atoms with Gasteiger partial charge >= 0.3 is 0 Å². The van der Waals surface area contributed by atoms with Crippen LogP contribution in [-0.4, -0.2) is 62.4 Å². The third-order valence-electron chi connectivity index (χ3n) is 3.71. The fraction of sp³-hybridized carbons (Fsp3) is 0.923. The number of ether oxygens (including phenoxy) is 2. The van der Waals surface area contributed by atoms with E-state index < -0.39 is 0 Å². The fourth-order valence-electron chi connectivity index (χ4n) is 2.59. The Labute approximate surface area is 121 Å². The molecule has 6 heteroatoms. The summed E-state index contributed by atoms with van der Waals surface area (Å²) in [5, 5.41) is 3.23. The van der Waals surface area contributed by atoms with Gasteiger partial charge in [-0.05, 0) is 26.2 Å². The zero-order valence-electron chi connectivity index (χ0n) is 11.8. The lowest BCUT2D eigenvalue weighted by molar-refractivity contribution is -0.140. The van der Waals surface area contributed by atoms with Crippen LogP contribution in [0.25, 0.3) is 0 Å². The average molecular weight is 293 g/mol. The number of carbonyl (C=O) groups excluding carboxylic acids is 1. The number of nitrogens with zero attached hydrogens (tertiary/aromatic N) is 1. The van der Waals surface area contributed by atoms with Gasteiger partial charge in [0.15, 0.2) is 0 Å². The van der Waals surface area contributed by atoms with Crippen LogP contribution in [0, 0.1) is 0 Å². The van der Waals surface area contributed by atoms with Crippen molar-refractivity contribution in [3.05, 3.63) is 0 Å². The molecule has 3 atom stereocenters. The number of carbonyl (C=O) groups is 1. The molecule has 5 nitrogen and oxygen atoms in total. The number of likely N-dealkylation sites (N-methyl/N-ethyl adjacent to an activating group) is 1. The minimum atomic E-state index is -0.215. The van der Waals surface area contributed by atoms with Crippen LogP contribution < -0.4 is 5.32 Å². The van der Waals surface area contributed by atoms with Crippen LogP contribution in [0.3, 0.4) is 0 Å². The predicted molar refractivity (Wildman–Crippen MR) is 75.7 cm³/mol. The standard InChI is InChI=1S/C13H24N2O3.ClH/c1-10-12(14-6-8-17-10)13(16)15(2)9-11-5-3-4-7-18-11;/h10-12,14H,3-9H2,1-2H3;1H/t10-,11?,12+;/m1./s1. The maximum atomic E-state index is 12.3. The Bertz CT molecular complexity index is 285. The van der Waals surface area contributed by atoms with E-state index in [0.29, 0.717) is 13.2 Å². The Kier molecular flexibility index (Phi) is 7.07. The predicted octanol–water partition coefficient (Wildman–Crippen LogP) is 0.813. The third kappa shape index (κ3) is 4.60. The molecule has 0 bridgehead atoms. The van der Waals surface area contributed by atoms with Gasteiger partial charge in [-0.15, -0.1) is 12.4 Å². The molecule has 2 aliphatic rings. The van der Waals surface area contributed by atoms with E-state index in [1.165, 1.54) is 6.42 Å². The van der Waals surface area contributed by atoms with Gasteiger partial charge in [-0.1, -0.05) is 0 Å². The number of nitrogens with one attached hydrogen (secondary N) is 1. The van der Waals surface area contributed by atoms with Crippen molar-refractivity contribution in [2.75, 3.05) is 33.4 Å². The summed E-state index contributed by atoms with van der Waals surface area (Å²) in [5.41, 5.74) is 0. The van der Waals surface area contributed by atoms with Crippen LogP contribution in [0.1, 0.15) is 26.2 Å². The lowest BCUT2D eigenvalue weighted by atomic mass is 10.1. The Morgan fingerprint density at radius 1 is 1.32 bits per heavy atom. The molecule has 1 amide bonds. The van der Waals surface area contributed by atoms with E-state index in [-0.39, 0.29) is 36.6 Å². The van der Waals surface area contributed by atoms with E-state index >= 15 is 0 Å². The highest BCUT2D eigenvalue weighted by Gasteiger charge is 2.31. The second kappa shape index (κ2) is 8.04. The molecule has 0 radical (unpaired) electrons. The van der Waals surface area contributed by atoms with Crippen molar-refractivity contribution in [3.8, 4) is 0 Å². The normalized spacial score (nSPS) is 31.4. The van der Waals surface area contributed by atoms with Gasteiger partial charge in [0.1, 0.15) is 6.04 Å². The average Bonchev–Trinajstić information content (AvgIpc) is 2.39. The quantitative estimate of drug-likeness (QED) is 0.836. The largest absolute Gasteiger partial charge is 0.376 e. The van der Waals surface area contributed by atoms with Gasteiger partial charge in [-0.2, -0.15) is 0 Å². The summed E-state index contributed by atoms with van der Waals surface area (Å²) in [6.45, 7) is 4.88. The van der Waals surface area contributed by atoms with Crippen molar-refractivity contribution in [2.45, 2.75) is 44.4 Å². The highest BCUT2D eigenvalue weighted by molar-refractivity contribution is 5.85. The van der Waals surface area contributed by atoms with Gasteiger partial charge in [0, 0.05) is 26.7 Å². The van der Waals surface area contributed by atoms with Gasteiger partial charge in [0.2, 0.25) is 5.91 Å². The molecule has 0 aromatic carbocycles. The number of morpholine rings is 1. The van der Waals surface area contributed by atoms with Crippen molar-refractivity contribution in [1.29, 1.82) is 0 Å². The Hall–Kier alpha value is -0.360. The Morgan fingerprint density at radius 3 is 2.74 bits per heavy atom. The molecule has 0 aromatic rings. The molecule has 0 spiro atoms. The zero-order valence-corrected chi connectivity index (χ0v) is 12.6. The number of rotatable bonds is 3. The molecular formula is C13H25ClN2O3. The van der Waals surface area contributed by atoms with Crippen LogP contribution in [0.15, 0.2) is 0 Å². The summed E-state index contributed by atoms with van der Waals surface area (Å²) in [7, 11) is 1.85. The van der Waals surface area contributed by atoms with Crippen LogP contribution in [0.5, 0.6) is 0 Å². The molecule has 2 fully saturated rings. The minimum absolute atomic E-state index is 0. The SMILES string of the molecule is C[C@H]1OCCN[C@@H]1C(=O)N(C)CC1CCCCO1.Cl. The van der Waals surface area contributed by atoms with E-state index in [1.54, 1.807) is 4.90 Å². The molecule has 0 saturated carbocycles. The van der Waals surface area contributed by atoms with Crippen LogP contribution >= 0.6 is 12.4 Å². The molecule has 112 valence electrons. The molecular weight excluding hydrogens is 268 g/mol. The maximum absolute atomic E-state index is 12.3. The van der Waals surface area contributed by atoms with Gasteiger partial charge in [-0.3, -0.25) is 4.79 Å². The number of hydrogen-bond donors (Lipinski definition) is 1. The number of amides is 1. The molecule has 19 heavy (non-hydrogen) atoms. The minimum Gasteiger partial charge on any atom is -0.376 e. The molecule has 2 heterocycles. The summed E-state index contributed by atoms with van der Waals surface area (Å²) in [5.74, 6) is 0.108. The zero-order chi connectivity index (χ0) is 13.0. The maximum Gasteiger partial charge on any atom is 0.242 e. The first-order chi connectivity index (χ1) is 8.68. The molecule has 0 aromatic heterocycles. The van der Waals surface area contributed by atoms with Gasteiger partial charge in [0.05, 0.1) is 18.8 Å². The van der Waals surface area contributed by atoms with Crippen LogP contribution in [0.2, 0.25) is 0 Å². The number of hydrogen-bond acceptors (Lipinski definition) is 4. The van der Waals surface area contributed by atoms with Crippen molar-refractivity contribution in [1.82, 2.24) is 10.2 Å². The highest BCUT2D eigenvalue weighted by Crippen LogP contribution is 2.14. The summed E-state index contributed by atoms with van der Waals surface area (Å²) >= 11 is 0. The van der Waals surface area contributed by atoms with E-state index in [9.17, 15) is 4.79 Å². The second-order valence-electron chi connectivity index (χ2n) is 5.22. The van der Waals surface area contributed by atoms with E-state index in [0.717, 1.165) is 26.0 Å². The van der Waals surface area contributed by atoms with E-state index in [1.807, 2.05) is 14.0 Å². The van der Waals surface area contributed by atoms with Crippen molar-refractivity contribution in [2.24, 2.45) is 0 Å². The molecule has 0 aliphatic carbocycles. The van der Waals surface area contributed by atoms with Crippen molar-refractivity contribution < 1.29 is 14.3 Å². The molecule has 1 unspecified atom stereocenters. The van der Waals surface area contributed by atoms with E-state index in [2.05, 4.69) is 5.32 Å². The van der Waals surface area contributed by atoms with Crippen LogP contribution in [-0.2, 0) is 14.3 Å². The number of halogens is 1. The van der Waals surface area contributed by atoms with Crippen LogP contribution in [0.4, 0.5) is 0 Å². The fourth-order valence-corrected chi connectivity index (χ4v) is 2.59. The third-order valence-corrected chi connectivity index (χ3v) is 3.71. The smallest absolute Gasteiger partial charge is 0.242 e. The summed E-state index contributed by atoms with van der Waals surface area (Å²) in [6, 6.07) is -0.215. The molecule has 2 rings (SSSR count). The van der Waals surface area contributed by atoms with Gasteiger partial charge < -0.3 is 19.7 Å². The first-order valence-electron chi connectivity index (χ1n) is 6.90. The molecule has 1 N–H and O–H groups in total. The summed E-state index contributed by atoms with van der Waals surface area (Å²) in [4.78, 5) is 14.1.